The largest absolute Gasteiger partial charge is 0.478 e. The van der Waals surface area contributed by atoms with Crippen LogP contribution < -0.4 is 0 Å². The SMILES string of the molecule is CC(C)CC(Sc1ccccc1)c1ccc(C(=O)O)cc1. The summed E-state index contributed by atoms with van der Waals surface area (Å²) in [6.45, 7) is 4.42. The topological polar surface area (TPSA) is 37.3 Å². The van der Waals surface area contributed by atoms with Crippen LogP contribution in [-0.2, 0) is 0 Å². The molecule has 0 aliphatic heterocycles. The fourth-order valence-electron chi connectivity index (χ4n) is 2.18. The van der Waals surface area contributed by atoms with Gasteiger partial charge < -0.3 is 5.11 Å². The maximum atomic E-state index is 10.9. The minimum Gasteiger partial charge on any atom is -0.478 e. The molecule has 0 aliphatic rings. The maximum Gasteiger partial charge on any atom is 0.335 e. The van der Waals surface area contributed by atoms with Gasteiger partial charge in [0.15, 0.2) is 0 Å². The van der Waals surface area contributed by atoms with Crippen LogP contribution >= 0.6 is 11.8 Å². The van der Waals surface area contributed by atoms with Crippen molar-refractivity contribution in [1.29, 1.82) is 0 Å². The second kappa shape index (κ2) is 7.32. The van der Waals surface area contributed by atoms with Crippen LogP contribution in [0.2, 0.25) is 0 Å². The third-order valence-electron chi connectivity index (χ3n) is 3.24. The van der Waals surface area contributed by atoms with Gasteiger partial charge in [-0.3, -0.25) is 0 Å². The Morgan fingerprint density at radius 2 is 1.67 bits per heavy atom. The van der Waals surface area contributed by atoms with Crippen LogP contribution in [0.15, 0.2) is 59.5 Å². The van der Waals surface area contributed by atoms with Crippen molar-refractivity contribution in [3.8, 4) is 0 Å². The second-order valence-electron chi connectivity index (χ2n) is 5.48. The fraction of sp³-hybridized carbons (Fsp3) is 0.278. The summed E-state index contributed by atoms with van der Waals surface area (Å²) in [5.41, 5.74) is 1.52. The normalized spacial score (nSPS) is 12.3. The molecule has 0 saturated heterocycles. The van der Waals surface area contributed by atoms with Crippen molar-refractivity contribution >= 4 is 17.7 Å². The smallest absolute Gasteiger partial charge is 0.335 e. The molecule has 0 bridgehead atoms. The average Bonchev–Trinajstić information content (AvgIpc) is 2.47. The van der Waals surface area contributed by atoms with E-state index in [2.05, 4.69) is 26.0 Å². The zero-order valence-corrected chi connectivity index (χ0v) is 13.1. The van der Waals surface area contributed by atoms with Gasteiger partial charge >= 0.3 is 5.97 Å². The molecule has 2 nitrogen and oxygen atoms in total. The molecule has 0 fully saturated rings. The third kappa shape index (κ3) is 4.64. The molecule has 1 atom stereocenters. The van der Waals surface area contributed by atoms with Crippen molar-refractivity contribution < 1.29 is 9.90 Å². The second-order valence-corrected chi connectivity index (χ2v) is 6.75. The summed E-state index contributed by atoms with van der Waals surface area (Å²) in [6, 6.07) is 17.6. The summed E-state index contributed by atoms with van der Waals surface area (Å²) in [6.07, 6.45) is 1.06. The number of aromatic carboxylic acids is 1. The third-order valence-corrected chi connectivity index (χ3v) is 4.53. The Morgan fingerprint density at radius 1 is 1.05 bits per heavy atom. The van der Waals surface area contributed by atoms with Gasteiger partial charge in [0.2, 0.25) is 0 Å². The zero-order chi connectivity index (χ0) is 15.2. The molecule has 3 heteroatoms. The van der Waals surface area contributed by atoms with Crippen LogP contribution in [0.25, 0.3) is 0 Å². The van der Waals surface area contributed by atoms with E-state index in [-0.39, 0.29) is 0 Å². The summed E-state index contributed by atoms with van der Waals surface area (Å²) in [4.78, 5) is 12.2. The number of benzene rings is 2. The Balaban J connectivity index is 2.21. The minimum absolute atomic E-state index is 0.340. The molecule has 0 radical (unpaired) electrons. The molecule has 110 valence electrons. The van der Waals surface area contributed by atoms with E-state index in [1.54, 1.807) is 12.1 Å². The first-order valence-electron chi connectivity index (χ1n) is 7.11. The molecule has 2 aromatic carbocycles. The van der Waals surface area contributed by atoms with Crippen molar-refractivity contribution in [3.63, 3.8) is 0 Å². The lowest BCUT2D eigenvalue weighted by Gasteiger charge is -2.19. The van der Waals surface area contributed by atoms with E-state index in [9.17, 15) is 4.79 Å². The Bertz CT molecular complexity index is 576. The van der Waals surface area contributed by atoms with Crippen molar-refractivity contribution in [1.82, 2.24) is 0 Å². The average molecular weight is 300 g/mol. The van der Waals surface area contributed by atoms with Crippen LogP contribution in [0.5, 0.6) is 0 Å². The van der Waals surface area contributed by atoms with Crippen LogP contribution in [-0.4, -0.2) is 11.1 Å². The van der Waals surface area contributed by atoms with Crippen molar-refractivity contribution in [2.75, 3.05) is 0 Å². The number of hydrogen-bond acceptors (Lipinski definition) is 2. The molecule has 0 saturated carbocycles. The Labute approximate surface area is 130 Å². The number of rotatable bonds is 6. The van der Waals surface area contributed by atoms with Crippen LogP contribution in [0.1, 0.15) is 41.4 Å². The summed E-state index contributed by atoms with van der Waals surface area (Å²) >= 11 is 1.84. The number of hydrogen-bond donors (Lipinski definition) is 1. The molecular formula is C18H20O2S. The van der Waals surface area contributed by atoms with Crippen molar-refractivity contribution in [2.24, 2.45) is 5.92 Å². The molecule has 0 heterocycles. The predicted octanol–water partition coefficient (Wildman–Crippen LogP) is 5.26. The van der Waals surface area contributed by atoms with Crippen molar-refractivity contribution in [2.45, 2.75) is 30.4 Å². The number of carbonyl (C=O) groups is 1. The Kier molecular flexibility index (Phi) is 5.45. The number of carboxylic acids is 1. The molecule has 1 N–H and O–H groups in total. The van der Waals surface area contributed by atoms with E-state index >= 15 is 0 Å². The van der Waals surface area contributed by atoms with Gasteiger partial charge in [0.1, 0.15) is 0 Å². The monoisotopic (exact) mass is 300 g/mol. The Hall–Kier alpha value is -1.74. The molecule has 2 rings (SSSR count). The van der Waals surface area contributed by atoms with E-state index in [1.807, 2.05) is 42.1 Å². The van der Waals surface area contributed by atoms with E-state index in [4.69, 9.17) is 5.11 Å². The quantitative estimate of drug-likeness (QED) is 0.739. The molecule has 0 spiro atoms. The highest BCUT2D eigenvalue weighted by atomic mass is 32.2. The van der Waals surface area contributed by atoms with Crippen LogP contribution in [0.3, 0.4) is 0 Å². The molecule has 2 aromatic rings. The standard InChI is InChI=1S/C18H20O2S/c1-13(2)12-17(21-16-6-4-3-5-7-16)14-8-10-15(11-9-14)18(19)20/h3-11,13,17H,12H2,1-2H3,(H,19,20). The lowest BCUT2D eigenvalue weighted by atomic mass is 10.0. The zero-order valence-electron chi connectivity index (χ0n) is 12.3. The summed E-state index contributed by atoms with van der Waals surface area (Å²) in [5.74, 6) is -0.289. The molecule has 1 unspecified atom stereocenters. The lowest BCUT2D eigenvalue weighted by molar-refractivity contribution is 0.0697. The first-order valence-corrected chi connectivity index (χ1v) is 7.99. The van der Waals surface area contributed by atoms with Gasteiger partial charge in [0, 0.05) is 10.1 Å². The van der Waals surface area contributed by atoms with E-state index in [0.717, 1.165) is 6.42 Å². The van der Waals surface area contributed by atoms with Gasteiger partial charge in [-0.25, -0.2) is 4.79 Å². The molecule has 21 heavy (non-hydrogen) atoms. The fourth-order valence-corrected chi connectivity index (χ4v) is 3.60. The van der Waals surface area contributed by atoms with Gasteiger partial charge in [0.05, 0.1) is 5.56 Å². The van der Waals surface area contributed by atoms with Gasteiger partial charge in [-0.2, -0.15) is 0 Å². The Morgan fingerprint density at radius 3 is 2.19 bits per heavy atom. The minimum atomic E-state index is -0.877. The van der Waals surface area contributed by atoms with E-state index in [0.29, 0.717) is 16.7 Å². The van der Waals surface area contributed by atoms with E-state index < -0.39 is 5.97 Å². The first-order chi connectivity index (χ1) is 10.1. The first kappa shape index (κ1) is 15.6. The van der Waals surface area contributed by atoms with Gasteiger partial charge in [0.25, 0.3) is 0 Å². The van der Waals surface area contributed by atoms with Gasteiger partial charge in [-0.15, -0.1) is 11.8 Å². The van der Waals surface area contributed by atoms with Crippen molar-refractivity contribution in [3.05, 3.63) is 65.7 Å². The van der Waals surface area contributed by atoms with Gasteiger partial charge in [-0.1, -0.05) is 44.2 Å². The summed E-state index contributed by atoms with van der Waals surface area (Å²) in [7, 11) is 0. The summed E-state index contributed by atoms with van der Waals surface area (Å²) < 4.78 is 0. The summed E-state index contributed by atoms with van der Waals surface area (Å²) in [5, 5.41) is 9.33. The highest BCUT2D eigenvalue weighted by Crippen LogP contribution is 2.39. The molecule has 0 aliphatic carbocycles. The van der Waals surface area contributed by atoms with Gasteiger partial charge in [-0.05, 0) is 42.2 Å². The molecule has 0 aromatic heterocycles. The maximum absolute atomic E-state index is 10.9. The molecule has 0 amide bonds. The number of thioether (sulfide) groups is 1. The van der Waals surface area contributed by atoms with Crippen LogP contribution in [0.4, 0.5) is 0 Å². The van der Waals surface area contributed by atoms with E-state index in [1.165, 1.54) is 10.5 Å². The molecular weight excluding hydrogens is 280 g/mol. The number of carboxylic acid groups (broad SMARTS) is 1. The predicted molar refractivity (Wildman–Crippen MR) is 87.9 cm³/mol. The highest BCUT2D eigenvalue weighted by molar-refractivity contribution is 7.99. The highest BCUT2D eigenvalue weighted by Gasteiger charge is 2.15. The van der Waals surface area contributed by atoms with Crippen LogP contribution in [0, 0.1) is 5.92 Å². The lowest BCUT2D eigenvalue weighted by Crippen LogP contribution is -2.01.